The molecule has 4 heteroatoms. The standard InChI is InChI=1S/C19H25NO2S/c1-23(22)17-4-2-16(3-5-17)18(21)20-12-19-9-13-6-14(10-19)8-15(7-13)11-19/h2-5,13-15H,6-12H2,1H3,(H,20,21)/t13?,14?,15?,19?,23-/m0/s1. The Hall–Kier alpha value is -1.16. The highest BCUT2D eigenvalue weighted by Crippen LogP contribution is 2.59. The second kappa shape index (κ2) is 5.73. The van der Waals surface area contributed by atoms with Gasteiger partial charge in [-0.25, -0.2) is 0 Å². The average molecular weight is 331 g/mol. The zero-order valence-corrected chi connectivity index (χ0v) is 14.5. The predicted octanol–water partition coefficient (Wildman–Crippen LogP) is 3.37. The zero-order chi connectivity index (χ0) is 16.0. The summed E-state index contributed by atoms with van der Waals surface area (Å²) in [6.45, 7) is 0.830. The molecule has 0 radical (unpaired) electrons. The molecule has 4 saturated carbocycles. The van der Waals surface area contributed by atoms with Crippen molar-refractivity contribution >= 4 is 16.7 Å². The smallest absolute Gasteiger partial charge is 0.251 e. The molecule has 23 heavy (non-hydrogen) atoms. The van der Waals surface area contributed by atoms with Crippen molar-refractivity contribution in [2.75, 3.05) is 12.8 Å². The van der Waals surface area contributed by atoms with E-state index in [2.05, 4.69) is 5.32 Å². The lowest BCUT2D eigenvalue weighted by Gasteiger charge is -2.56. The van der Waals surface area contributed by atoms with Crippen LogP contribution in [0, 0.1) is 23.2 Å². The minimum Gasteiger partial charge on any atom is -0.351 e. The van der Waals surface area contributed by atoms with E-state index in [0.29, 0.717) is 11.0 Å². The Balaban J connectivity index is 1.41. The summed E-state index contributed by atoms with van der Waals surface area (Å²) in [5.74, 6) is 2.75. The molecule has 1 N–H and O–H groups in total. The van der Waals surface area contributed by atoms with Crippen molar-refractivity contribution in [2.45, 2.75) is 43.4 Å². The van der Waals surface area contributed by atoms with Crippen molar-refractivity contribution in [1.82, 2.24) is 5.32 Å². The minimum absolute atomic E-state index is 0.00850. The van der Waals surface area contributed by atoms with E-state index in [1.807, 2.05) is 0 Å². The zero-order valence-electron chi connectivity index (χ0n) is 13.7. The Kier molecular flexibility index (Phi) is 3.83. The number of amides is 1. The summed E-state index contributed by atoms with van der Waals surface area (Å²) in [5, 5.41) is 3.19. The third-order valence-electron chi connectivity index (χ3n) is 6.24. The maximum Gasteiger partial charge on any atom is 0.251 e. The molecule has 0 aromatic heterocycles. The molecule has 5 rings (SSSR count). The van der Waals surface area contributed by atoms with Gasteiger partial charge in [0.15, 0.2) is 0 Å². The summed E-state index contributed by atoms with van der Waals surface area (Å²) < 4.78 is 11.4. The van der Waals surface area contributed by atoms with Crippen LogP contribution in [-0.4, -0.2) is 22.9 Å². The molecular weight excluding hydrogens is 306 g/mol. The number of rotatable bonds is 4. The Labute approximate surface area is 140 Å². The molecule has 0 heterocycles. The van der Waals surface area contributed by atoms with Crippen molar-refractivity contribution in [2.24, 2.45) is 23.2 Å². The molecule has 1 aromatic carbocycles. The van der Waals surface area contributed by atoms with Gasteiger partial charge in [0, 0.05) is 34.1 Å². The lowest BCUT2D eigenvalue weighted by molar-refractivity contribution is -0.0503. The summed E-state index contributed by atoms with van der Waals surface area (Å²) in [7, 11) is -0.994. The molecule has 4 aliphatic carbocycles. The molecule has 124 valence electrons. The van der Waals surface area contributed by atoms with Crippen LogP contribution in [0.1, 0.15) is 48.9 Å². The molecule has 0 spiro atoms. The molecule has 0 aliphatic heterocycles. The SMILES string of the molecule is C[S@](=O)c1ccc(C(=O)NCC23CC4CC(CC(C4)C2)C3)cc1. The Morgan fingerprint density at radius 1 is 1.09 bits per heavy atom. The number of carbonyl (C=O) groups is 1. The summed E-state index contributed by atoms with van der Waals surface area (Å²) in [4.78, 5) is 13.2. The predicted molar refractivity (Wildman–Crippen MR) is 91.7 cm³/mol. The fourth-order valence-electron chi connectivity index (χ4n) is 5.67. The highest BCUT2D eigenvalue weighted by molar-refractivity contribution is 7.84. The summed E-state index contributed by atoms with van der Waals surface area (Å²) in [6, 6.07) is 7.14. The van der Waals surface area contributed by atoms with Gasteiger partial charge in [0.2, 0.25) is 0 Å². The van der Waals surface area contributed by atoms with E-state index < -0.39 is 10.8 Å². The van der Waals surface area contributed by atoms with Crippen LogP contribution in [0.15, 0.2) is 29.2 Å². The van der Waals surface area contributed by atoms with Crippen molar-refractivity contribution in [3.05, 3.63) is 29.8 Å². The molecular formula is C19H25NO2S. The van der Waals surface area contributed by atoms with Crippen LogP contribution in [0.3, 0.4) is 0 Å². The van der Waals surface area contributed by atoms with Crippen LogP contribution in [0.2, 0.25) is 0 Å². The maximum atomic E-state index is 12.4. The second-order valence-corrected chi connectivity index (χ2v) is 9.46. The third kappa shape index (κ3) is 2.98. The lowest BCUT2D eigenvalue weighted by Crippen LogP contribution is -2.51. The molecule has 1 atom stereocenters. The van der Waals surface area contributed by atoms with E-state index >= 15 is 0 Å². The van der Waals surface area contributed by atoms with E-state index in [9.17, 15) is 9.00 Å². The number of hydrogen-bond acceptors (Lipinski definition) is 2. The maximum absolute atomic E-state index is 12.4. The van der Waals surface area contributed by atoms with Gasteiger partial charge in [0.25, 0.3) is 5.91 Å². The molecule has 0 saturated heterocycles. The van der Waals surface area contributed by atoms with Gasteiger partial charge in [-0.05, 0) is 86.0 Å². The molecule has 1 aromatic rings. The molecule has 3 nitrogen and oxygen atoms in total. The van der Waals surface area contributed by atoms with E-state index in [4.69, 9.17) is 0 Å². The van der Waals surface area contributed by atoms with Crippen molar-refractivity contribution in [1.29, 1.82) is 0 Å². The van der Waals surface area contributed by atoms with E-state index in [1.54, 1.807) is 30.5 Å². The molecule has 4 aliphatic rings. The van der Waals surface area contributed by atoms with Gasteiger partial charge in [0.05, 0.1) is 0 Å². The normalized spacial score (nSPS) is 36.0. The van der Waals surface area contributed by atoms with Gasteiger partial charge >= 0.3 is 0 Å². The highest BCUT2D eigenvalue weighted by atomic mass is 32.2. The molecule has 1 amide bonds. The van der Waals surface area contributed by atoms with Crippen molar-refractivity contribution in [3.63, 3.8) is 0 Å². The first-order valence-electron chi connectivity index (χ1n) is 8.75. The van der Waals surface area contributed by atoms with Crippen LogP contribution in [0.5, 0.6) is 0 Å². The van der Waals surface area contributed by atoms with Crippen LogP contribution in [-0.2, 0) is 10.8 Å². The molecule has 0 unspecified atom stereocenters. The van der Waals surface area contributed by atoms with E-state index in [1.165, 1.54) is 38.5 Å². The van der Waals surface area contributed by atoms with Crippen LogP contribution in [0.4, 0.5) is 0 Å². The highest BCUT2D eigenvalue weighted by Gasteiger charge is 2.50. The number of nitrogens with one attached hydrogen (secondary N) is 1. The third-order valence-corrected chi connectivity index (χ3v) is 7.17. The Bertz CT molecular complexity index is 602. The van der Waals surface area contributed by atoms with Crippen LogP contribution < -0.4 is 5.32 Å². The molecule has 4 bridgehead atoms. The number of benzene rings is 1. The first-order chi connectivity index (χ1) is 11.0. The van der Waals surface area contributed by atoms with Gasteiger partial charge in [-0.3, -0.25) is 9.00 Å². The Morgan fingerprint density at radius 2 is 1.61 bits per heavy atom. The fourth-order valence-corrected chi connectivity index (χ4v) is 6.19. The first-order valence-corrected chi connectivity index (χ1v) is 10.3. The van der Waals surface area contributed by atoms with Gasteiger partial charge in [0.1, 0.15) is 0 Å². The topological polar surface area (TPSA) is 46.2 Å². The Morgan fingerprint density at radius 3 is 2.09 bits per heavy atom. The molecule has 4 fully saturated rings. The largest absolute Gasteiger partial charge is 0.351 e. The van der Waals surface area contributed by atoms with Crippen LogP contribution in [0.25, 0.3) is 0 Å². The van der Waals surface area contributed by atoms with Crippen molar-refractivity contribution < 1.29 is 9.00 Å². The van der Waals surface area contributed by atoms with Gasteiger partial charge < -0.3 is 5.32 Å². The van der Waals surface area contributed by atoms with Crippen LogP contribution >= 0.6 is 0 Å². The summed E-state index contributed by atoms with van der Waals surface area (Å²) in [6.07, 6.45) is 9.89. The number of hydrogen-bond donors (Lipinski definition) is 1. The monoisotopic (exact) mass is 331 g/mol. The van der Waals surface area contributed by atoms with Gasteiger partial charge in [-0.2, -0.15) is 0 Å². The first kappa shape index (κ1) is 15.4. The van der Waals surface area contributed by atoms with Gasteiger partial charge in [-0.1, -0.05) is 0 Å². The van der Waals surface area contributed by atoms with Gasteiger partial charge in [-0.15, -0.1) is 0 Å². The summed E-state index contributed by atoms with van der Waals surface area (Å²) >= 11 is 0. The summed E-state index contributed by atoms with van der Waals surface area (Å²) in [5.41, 5.74) is 1.04. The second-order valence-electron chi connectivity index (χ2n) is 8.08. The van der Waals surface area contributed by atoms with Crippen molar-refractivity contribution in [3.8, 4) is 0 Å². The van der Waals surface area contributed by atoms with E-state index in [0.717, 1.165) is 29.2 Å². The number of carbonyl (C=O) groups excluding carboxylic acids is 1. The van der Waals surface area contributed by atoms with E-state index in [-0.39, 0.29) is 5.91 Å². The quantitative estimate of drug-likeness (QED) is 0.919. The fraction of sp³-hybridized carbons (Fsp3) is 0.632. The minimum atomic E-state index is -0.994. The lowest BCUT2D eigenvalue weighted by atomic mass is 9.49. The average Bonchev–Trinajstić information content (AvgIpc) is 2.51.